The van der Waals surface area contributed by atoms with E-state index >= 15 is 0 Å². The summed E-state index contributed by atoms with van der Waals surface area (Å²) in [6.07, 6.45) is 6.50. The Kier molecular flexibility index (Phi) is 4.06. The van der Waals surface area contributed by atoms with E-state index in [1.54, 1.807) is 28.8 Å². The number of nitrogens with zero attached hydrogens (tertiary/aromatic N) is 3. The van der Waals surface area contributed by atoms with Gasteiger partial charge in [-0.15, -0.1) is 0 Å². The lowest BCUT2D eigenvalue weighted by molar-refractivity contribution is 0.106. The molecule has 0 N–H and O–H groups in total. The van der Waals surface area contributed by atoms with Gasteiger partial charge < -0.3 is 0 Å². The maximum atomic E-state index is 13.4. The van der Waals surface area contributed by atoms with Crippen molar-refractivity contribution < 1.29 is 8.42 Å². The standard InChI is InChI=1S/C18H23N3O2S/c1-2-15-12-20-10-4-6-16(20)13-21(15)24(22,23)18-7-3-5-14-11-19-9-8-17(14)18/h3,5,7-9,11,15-16H,2,4,6,10,12-13H2,1H3/t15-,16-/m1/s1. The second kappa shape index (κ2) is 6.10. The van der Waals surface area contributed by atoms with Gasteiger partial charge in [-0.05, 0) is 37.9 Å². The van der Waals surface area contributed by atoms with Crippen LogP contribution in [0.1, 0.15) is 26.2 Å². The SMILES string of the molecule is CC[C@@H]1CN2CCC[C@@H]2CN1S(=O)(=O)c1cccc2cnccc12. The Labute approximate surface area is 143 Å². The lowest BCUT2D eigenvalue weighted by Crippen LogP contribution is -2.57. The molecule has 1 aromatic carbocycles. The molecule has 2 saturated heterocycles. The van der Waals surface area contributed by atoms with Crippen molar-refractivity contribution in [1.82, 2.24) is 14.2 Å². The van der Waals surface area contributed by atoms with Crippen molar-refractivity contribution in [2.45, 2.75) is 43.2 Å². The van der Waals surface area contributed by atoms with Gasteiger partial charge in [0.15, 0.2) is 0 Å². The average molecular weight is 345 g/mol. The number of rotatable bonds is 3. The van der Waals surface area contributed by atoms with E-state index in [-0.39, 0.29) is 6.04 Å². The molecular formula is C18H23N3O2S. The van der Waals surface area contributed by atoms with Crippen molar-refractivity contribution in [3.63, 3.8) is 0 Å². The zero-order chi connectivity index (χ0) is 16.7. The lowest BCUT2D eigenvalue weighted by Gasteiger charge is -2.42. The number of pyridine rings is 1. The first kappa shape index (κ1) is 16.0. The van der Waals surface area contributed by atoms with Crippen LogP contribution in [0.15, 0.2) is 41.6 Å². The van der Waals surface area contributed by atoms with Gasteiger partial charge in [0.05, 0.1) is 4.90 Å². The maximum Gasteiger partial charge on any atom is 0.244 e. The molecule has 24 heavy (non-hydrogen) atoms. The van der Waals surface area contributed by atoms with Gasteiger partial charge in [0.25, 0.3) is 0 Å². The fourth-order valence-corrected chi connectivity index (χ4v) is 6.08. The van der Waals surface area contributed by atoms with Crippen LogP contribution >= 0.6 is 0 Å². The van der Waals surface area contributed by atoms with E-state index in [0.29, 0.717) is 17.5 Å². The molecule has 0 spiro atoms. The number of hydrogen-bond donors (Lipinski definition) is 0. The van der Waals surface area contributed by atoms with Gasteiger partial charge in [-0.25, -0.2) is 8.42 Å². The lowest BCUT2D eigenvalue weighted by atomic mass is 10.1. The van der Waals surface area contributed by atoms with Crippen LogP contribution < -0.4 is 0 Å². The zero-order valence-corrected chi connectivity index (χ0v) is 14.7. The molecule has 0 amide bonds. The Morgan fingerprint density at radius 3 is 2.96 bits per heavy atom. The van der Waals surface area contributed by atoms with E-state index < -0.39 is 10.0 Å². The first-order valence-corrected chi connectivity index (χ1v) is 10.1. The highest BCUT2D eigenvalue weighted by Crippen LogP contribution is 2.32. The molecule has 2 fully saturated rings. The van der Waals surface area contributed by atoms with Gasteiger partial charge >= 0.3 is 0 Å². The fraction of sp³-hybridized carbons (Fsp3) is 0.500. The minimum atomic E-state index is -3.51. The third kappa shape index (κ3) is 2.53. The number of aromatic nitrogens is 1. The van der Waals surface area contributed by atoms with Crippen molar-refractivity contribution in [2.24, 2.45) is 0 Å². The summed E-state index contributed by atoms with van der Waals surface area (Å²) in [5.41, 5.74) is 0. The van der Waals surface area contributed by atoms with Crippen LogP contribution in [-0.2, 0) is 10.0 Å². The average Bonchev–Trinajstić information content (AvgIpc) is 3.07. The molecule has 0 aliphatic carbocycles. The van der Waals surface area contributed by atoms with E-state index in [1.807, 2.05) is 12.1 Å². The predicted molar refractivity (Wildman–Crippen MR) is 94.3 cm³/mol. The summed E-state index contributed by atoms with van der Waals surface area (Å²) < 4.78 is 28.7. The molecular weight excluding hydrogens is 322 g/mol. The van der Waals surface area contributed by atoms with Gasteiger partial charge in [-0.1, -0.05) is 19.1 Å². The van der Waals surface area contributed by atoms with Gasteiger partial charge in [-0.2, -0.15) is 4.31 Å². The Morgan fingerprint density at radius 2 is 2.12 bits per heavy atom. The smallest absolute Gasteiger partial charge is 0.244 e. The Balaban J connectivity index is 1.78. The van der Waals surface area contributed by atoms with Crippen molar-refractivity contribution in [2.75, 3.05) is 19.6 Å². The molecule has 2 aromatic rings. The quantitative estimate of drug-likeness (QED) is 0.858. The topological polar surface area (TPSA) is 53.5 Å². The molecule has 2 aliphatic rings. The molecule has 0 radical (unpaired) electrons. The maximum absolute atomic E-state index is 13.4. The van der Waals surface area contributed by atoms with Crippen LogP contribution in [0.4, 0.5) is 0 Å². The van der Waals surface area contributed by atoms with Crippen LogP contribution in [0.5, 0.6) is 0 Å². The fourth-order valence-electron chi connectivity index (χ4n) is 4.13. The molecule has 128 valence electrons. The summed E-state index contributed by atoms with van der Waals surface area (Å²) in [5, 5.41) is 1.63. The minimum absolute atomic E-state index is 0.0569. The minimum Gasteiger partial charge on any atom is -0.297 e. The van der Waals surface area contributed by atoms with Crippen molar-refractivity contribution >= 4 is 20.8 Å². The van der Waals surface area contributed by atoms with Crippen molar-refractivity contribution in [3.05, 3.63) is 36.7 Å². The van der Waals surface area contributed by atoms with Crippen LogP contribution in [0.2, 0.25) is 0 Å². The third-order valence-electron chi connectivity index (χ3n) is 5.44. The Hall–Kier alpha value is -1.50. The van der Waals surface area contributed by atoms with E-state index in [0.717, 1.165) is 36.7 Å². The summed E-state index contributed by atoms with van der Waals surface area (Å²) in [5.74, 6) is 0. The second-order valence-corrected chi connectivity index (χ2v) is 8.64. The second-order valence-electron chi connectivity index (χ2n) is 6.78. The predicted octanol–water partition coefficient (Wildman–Crippen LogP) is 2.48. The van der Waals surface area contributed by atoms with E-state index in [2.05, 4.69) is 16.8 Å². The molecule has 0 bridgehead atoms. The largest absolute Gasteiger partial charge is 0.297 e. The molecule has 6 heteroatoms. The summed E-state index contributed by atoms with van der Waals surface area (Å²) in [6, 6.07) is 7.68. The van der Waals surface area contributed by atoms with Crippen LogP contribution in [-0.4, -0.2) is 54.3 Å². The van der Waals surface area contributed by atoms with Gasteiger partial charge in [-0.3, -0.25) is 9.88 Å². The summed E-state index contributed by atoms with van der Waals surface area (Å²) in [7, 11) is -3.51. The molecule has 4 rings (SSSR count). The molecule has 3 heterocycles. The van der Waals surface area contributed by atoms with E-state index in [4.69, 9.17) is 0 Å². The third-order valence-corrected chi connectivity index (χ3v) is 7.42. The molecule has 1 aromatic heterocycles. The normalized spacial score (nSPS) is 25.9. The Bertz CT molecular complexity index is 847. The number of fused-ring (bicyclic) bond motifs is 2. The first-order valence-electron chi connectivity index (χ1n) is 8.70. The van der Waals surface area contributed by atoms with E-state index in [1.165, 1.54) is 6.42 Å². The first-order chi connectivity index (χ1) is 11.6. The number of sulfonamides is 1. The van der Waals surface area contributed by atoms with Gasteiger partial charge in [0.2, 0.25) is 10.0 Å². The van der Waals surface area contributed by atoms with Crippen molar-refractivity contribution in [3.8, 4) is 0 Å². The summed E-state index contributed by atoms with van der Waals surface area (Å²) in [4.78, 5) is 6.98. The molecule has 0 saturated carbocycles. The molecule has 2 aliphatic heterocycles. The highest BCUT2D eigenvalue weighted by atomic mass is 32.2. The zero-order valence-electron chi connectivity index (χ0n) is 13.9. The summed E-state index contributed by atoms with van der Waals surface area (Å²) >= 11 is 0. The van der Waals surface area contributed by atoms with Gasteiger partial charge in [0.1, 0.15) is 0 Å². The van der Waals surface area contributed by atoms with E-state index in [9.17, 15) is 8.42 Å². The van der Waals surface area contributed by atoms with Crippen molar-refractivity contribution in [1.29, 1.82) is 0 Å². The number of hydrogen-bond acceptors (Lipinski definition) is 4. The Morgan fingerprint density at radius 1 is 1.25 bits per heavy atom. The van der Waals surface area contributed by atoms with Crippen LogP contribution in [0.25, 0.3) is 10.8 Å². The highest BCUT2D eigenvalue weighted by molar-refractivity contribution is 7.89. The van der Waals surface area contributed by atoms with Gasteiger partial charge in [0, 0.05) is 48.3 Å². The summed E-state index contributed by atoms with van der Waals surface area (Å²) in [6.45, 7) is 4.65. The number of piperazine rings is 1. The monoisotopic (exact) mass is 345 g/mol. The number of benzene rings is 1. The molecule has 2 atom stereocenters. The van der Waals surface area contributed by atoms with Crippen LogP contribution in [0, 0.1) is 0 Å². The molecule has 0 unspecified atom stereocenters. The molecule has 5 nitrogen and oxygen atoms in total. The highest BCUT2D eigenvalue weighted by Gasteiger charge is 2.41. The van der Waals surface area contributed by atoms with Crippen LogP contribution in [0.3, 0.4) is 0 Å².